The Balaban J connectivity index is 1.55. The highest BCUT2D eigenvalue weighted by molar-refractivity contribution is 5.78. The molecule has 6 nitrogen and oxygen atoms in total. The van der Waals surface area contributed by atoms with Crippen LogP contribution in [0.25, 0.3) is 11.0 Å². The van der Waals surface area contributed by atoms with E-state index in [0.29, 0.717) is 39.2 Å². The van der Waals surface area contributed by atoms with E-state index >= 15 is 0 Å². The second kappa shape index (κ2) is 7.32. The number of imidazole rings is 1. The van der Waals surface area contributed by atoms with E-state index in [4.69, 9.17) is 9.47 Å². The Hall–Kier alpha value is -1.92. The molecule has 0 aliphatic carbocycles. The maximum absolute atomic E-state index is 12.3. The fraction of sp³-hybridized carbons (Fsp3) is 0.556. The molecule has 0 spiro atoms. The lowest BCUT2D eigenvalue weighted by atomic mass is 10.1. The molecule has 3 rings (SSSR count). The first-order chi connectivity index (χ1) is 11.5. The third kappa shape index (κ3) is 3.94. The average molecular weight is 331 g/mol. The first-order valence-corrected chi connectivity index (χ1v) is 8.42. The Morgan fingerprint density at radius 3 is 2.88 bits per heavy atom. The van der Waals surface area contributed by atoms with Crippen molar-refractivity contribution in [2.75, 3.05) is 33.4 Å². The molecule has 0 radical (unpaired) electrons. The van der Waals surface area contributed by atoms with Crippen LogP contribution in [-0.2, 0) is 20.7 Å². The maximum atomic E-state index is 12.3. The van der Waals surface area contributed by atoms with Gasteiger partial charge in [0.25, 0.3) is 0 Å². The monoisotopic (exact) mass is 331 g/mol. The Labute approximate surface area is 142 Å². The van der Waals surface area contributed by atoms with Crippen molar-refractivity contribution in [3.8, 4) is 0 Å². The number of nitrogens with zero attached hydrogens (tertiary/aromatic N) is 2. The lowest BCUT2D eigenvalue weighted by molar-refractivity contribution is -0.136. The molecule has 2 aromatic rings. The van der Waals surface area contributed by atoms with Crippen molar-refractivity contribution in [2.24, 2.45) is 0 Å². The molecule has 1 aromatic heterocycles. The molecule has 1 N–H and O–H groups in total. The number of aryl methyl sites for hydroxylation is 3. The minimum atomic E-state index is -0.0233. The van der Waals surface area contributed by atoms with Gasteiger partial charge in [-0.25, -0.2) is 4.98 Å². The number of hydrogen-bond acceptors (Lipinski definition) is 4. The number of hydrogen-bond donors (Lipinski definition) is 1. The predicted molar refractivity (Wildman–Crippen MR) is 92.1 cm³/mol. The molecule has 1 aliphatic rings. The van der Waals surface area contributed by atoms with Gasteiger partial charge in [-0.1, -0.05) is 0 Å². The van der Waals surface area contributed by atoms with Crippen LogP contribution in [0.3, 0.4) is 0 Å². The van der Waals surface area contributed by atoms with E-state index in [1.807, 2.05) is 7.05 Å². The fourth-order valence-electron chi connectivity index (χ4n) is 2.91. The van der Waals surface area contributed by atoms with E-state index in [-0.39, 0.29) is 12.0 Å². The number of likely N-dealkylation sites (N-methyl/N-ethyl adjacent to an activating group) is 1. The first kappa shape index (κ1) is 16.9. The summed E-state index contributed by atoms with van der Waals surface area (Å²) in [4.78, 5) is 21.9. The van der Waals surface area contributed by atoms with Crippen LogP contribution in [0.2, 0.25) is 0 Å². The van der Waals surface area contributed by atoms with E-state index in [0.717, 1.165) is 16.9 Å². The van der Waals surface area contributed by atoms with Crippen molar-refractivity contribution >= 4 is 16.9 Å². The molecule has 6 heteroatoms. The Kier molecular flexibility index (Phi) is 5.16. The van der Waals surface area contributed by atoms with Gasteiger partial charge in [-0.05, 0) is 37.1 Å². The van der Waals surface area contributed by atoms with Crippen molar-refractivity contribution in [3.63, 3.8) is 0 Å². The molecule has 1 fully saturated rings. The number of nitrogens with one attached hydrogen (secondary N) is 1. The van der Waals surface area contributed by atoms with Crippen LogP contribution in [0.4, 0.5) is 0 Å². The van der Waals surface area contributed by atoms with Gasteiger partial charge in [-0.2, -0.15) is 0 Å². The van der Waals surface area contributed by atoms with E-state index in [1.54, 1.807) is 4.90 Å². The van der Waals surface area contributed by atoms with E-state index in [2.05, 4.69) is 35.9 Å². The lowest BCUT2D eigenvalue weighted by Gasteiger charge is -2.27. The van der Waals surface area contributed by atoms with E-state index in [9.17, 15) is 4.79 Å². The van der Waals surface area contributed by atoms with Gasteiger partial charge in [-0.15, -0.1) is 0 Å². The van der Waals surface area contributed by atoms with Crippen LogP contribution < -0.4 is 0 Å². The Morgan fingerprint density at radius 1 is 1.33 bits per heavy atom. The minimum Gasteiger partial charge on any atom is -0.376 e. The summed E-state index contributed by atoms with van der Waals surface area (Å²) in [7, 11) is 1.81. The number of rotatable bonds is 5. The van der Waals surface area contributed by atoms with Crippen LogP contribution in [0.5, 0.6) is 0 Å². The topological polar surface area (TPSA) is 67.5 Å². The van der Waals surface area contributed by atoms with E-state index in [1.165, 1.54) is 11.1 Å². The van der Waals surface area contributed by atoms with Gasteiger partial charge >= 0.3 is 0 Å². The van der Waals surface area contributed by atoms with Crippen molar-refractivity contribution in [2.45, 2.75) is 32.8 Å². The summed E-state index contributed by atoms with van der Waals surface area (Å²) in [6, 6.07) is 4.19. The summed E-state index contributed by atoms with van der Waals surface area (Å²) < 4.78 is 11.0. The van der Waals surface area contributed by atoms with E-state index < -0.39 is 0 Å². The molecule has 0 unspecified atom stereocenters. The van der Waals surface area contributed by atoms with Crippen molar-refractivity contribution in [3.05, 3.63) is 29.1 Å². The molecule has 1 atom stereocenters. The van der Waals surface area contributed by atoms with Crippen LogP contribution in [0, 0.1) is 13.8 Å². The van der Waals surface area contributed by atoms with Gasteiger partial charge in [-0.3, -0.25) is 4.79 Å². The normalized spacial score (nSPS) is 18.0. The summed E-state index contributed by atoms with van der Waals surface area (Å²) in [5.41, 5.74) is 4.46. The average Bonchev–Trinajstić information content (AvgIpc) is 2.95. The molecule has 0 bridgehead atoms. The number of H-pyrrole nitrogens is 1. The van der Waals surface area contributed by atoms with Crippen molar-refractivity contribution in [1.29, 1.82) is 0 Å². The van der Waals surface area contributed by atoms with Crippen LogP contribution in [0.15, 0.2) is 12.1 Å². The molecule has 24 heavy (non-hydrogen) atoms. The van der Waals surface area contributed by atoms with Gasteiger partial charge in [0.1, 0.15) is 5.82 Å². The maximum Gasteiger partial charge on any atom is 0.222 e. The number of carbonyl (C=O) groups is 1. The SMILES string of the molecule is Cc1cc2nc(CCC(=O)N(C)C[C@@H]3COCCO3)[nH]c2cc1C. The van der Waals surface area contributed by atoms with Crippen molar-refractivity contribution < 1.29 is 14.3 Å². The zero-order chi connectivity index (χ0) is 17.1. The second-order valence-corrected chi connectivity index (χ2v) is 6.48. The van der Waals surface area contributed by atoms with Gasteiger partial charge in [0.15, 0.2) is 0 Å². The molecule has 1 amide bonds. The third-order valence-electron chi connectivity index (χ3n) is 4.51. The quantitative estimate of drug-likeness (QED) is 0.910. The van der Waals surface area contributed by atoms with Gasteiger partial charge in [0, 0.05) is 26.4 Å². The lowest BCUT2D eigenvalue weighted by Crippen LogP contribution is -2.40. The number of aromatic amines is 1. The van der Waals surface area contributed by atoms with Crippen molar-refractivity contribution in [1.82, 2.24) is 14.9 Å². The van der Waals surface area contributed by atoms with Gasteiger partial charge < -0.3 is 19.4 Å². The summed E-state index contributed by atoms with van der Waals surface area (Å²) in [5, 5.41) is 0. The number of aromatic nitrogens is 2. The largest absolute Gasteiger partial charge is 0.376 e. The third-order valence-corrected chi connectivity index (χ3v) is 4.51. The molecule has 130 valence electrons. The van der Waals surface area contributed by atoms with Crippen LogP contribution >= 0.6 is 0 Å². The number of benzene rings is 1. The zero-order valence-corrected chi connectivity index (χ0v) is 14.6. The predicted octanol–water partition coefficient (Wildman–Crippen LogP) is 1.99. The highest BCUT2D eigenvalue weighted by Crippen LogP contribution is 2.18. The first-order valence-electron chi connectivity index (χ1n) is 8.42. The minimum absolute atomic E-state index is 0.0233. The van der Waals surface area contributed by atoms with Gasteiger partial charge in [0.05, 0.1) is 37.0 Å². The highest BCUT2D eigenvalue weighted by Gasteiger charge is 2.19. The Bertz CT molecular complexity index is 681. The number of amides is 1. The molecule has 0 saturated carbocycles. The highest BCUT2D eigenvalue weighted by atomic mass is 16.6. The Morgan fingerprint density at radius 2 is 2.12 bits per heavy atom. The second-order valence-electron chi connectivity index (χ2n) is 6.48. The van der Waals surface area contributed by atoms with Crippen LogP contribution in [0.1, 0.15) is 23.4 Å². The standard InChI is InChI=1S/C18H25N3O3/c1-12-8-15-16(9-13(12)2)20-17(19-15)4-5-18(22)21(3)10-14-11-23-6-7-24-14/h8-9,14H,4-7,10-11H2,1-3H3,(H,19,20)/t14-/m1/s1. The van der Waals surface area contributed by atoms with Crippen LogP contribution in [-0.4, -0.2) is 60.3 Å². The fourth-order valence-corrected chi connectivity index (χ4v) is 2.91. The molecule has 1 aliphatic heterocycles. The summed E-state index contributed by atoms with van der Waals surface area (Å²) >= 11 is 0. The molecule has 1 saturated heterocycles. The number of ether oxygens (including phenoxy) is 2. The molecular formula is C18H25N3O3. The zero-order valence-electron chi connectivity index (χ0n) is 14.6. The summed E-state index contributed by atoms with van der Waals surface area (Å²) in [6.07, 6.45) is 1.02. The molecule has 1 aromatic carbocycles. The number of carbonyl (C=O) groups excluding carboxylic acids is 1. The smallest absolute Gasteiger partial charge is 0.222 e. The summed E-state index contributed by atoms with van der Waals surface area (Å²) in [5.74, 6) is 0.950. The van der Waals surface area contributed by atoms with Gasteiger partial charge in [0.2, 0.25) is 5.91 Å². The molecule has 2 heterocycles. The summed E-state index contributed by atoms with van der Waals surface area (Å²) in [6.45, 7) is 6.53. The number of fused-ring (bicyclic) bond motifs is 1. The molecular weight excluding hydrogens is 306 g/mol.